The molecular weight excluding hydrogens is 423 g/mol. The van der Waals surface area contributed by atoms with Gasteiger partial charge in [0.05, 0.1) is 11.4 Å². The Balaban J connectivity index is 1.25. The number of amides is 1. The topological polar surface area (TPSA) is 71.2 Å². The summed E-state index contributed by atoms with van der Waals surface area (Å²) >= 11 is 1.31. The van der Waals surface area contributed by atoms with E-state index in [1.54, 1.807) is 6.07 Å². The van der Waals surface area contributed by atoms with Crippen LogP contribution in [0.5, 0.6) is 0 Å². The first-order valence-corrected chi connectivity index (χ1v) is 12.2. The van der Waals surface area contributed by atoms with E-state index < -0.39 is 0 Å². The Bertz CT molecular complexity index is 1160. The van der Waals surface area contributed by atoms with Gasteiger partial charge in [0, 0.05) is 30.7 Å². The molecule has 168 valence electrons. The van der Waals surface area contributed by atoms with Gasteiger partial charge in [-0.2, -0.15) is 0 Å². The van der Waals surface area contributed by atoms with E-state index in [1.165, 1.54) is 30.6 Å². The summed E-state index contributed by atoms with van der Waals surface area (Å²) in [5.41, 5.74) is 9.14. The van der Waals surface area contributed by atoms with E-state index in [0.717, 1.165) is 34.6 Å². The van der Waals surface area contributed by atoms with Crippen LogP contribution < -0.4 is 16.0 Å². The fourth-order valence-corrected chi connectivity index (χ4v) is 6.25. The summed E-state index contributed by atoms with van der Waals surface area (Å²) in [4.78, 5) is 20.7. The molecule has 1 aliphatic heterocycles. The number of piperidine rings is 1. The lowest BCUT2D eigenvalue weighted by Crippen LogP contribution is -2.36. The number of thiophene rings is 1. The number of nitrogens with zero attached hydrogens (tertiary/aromatic N) is 2. The Labute approximate surface area is 191 Å². The van der Waals surface area contributed by atoms with Crippen LogP contribution in [0.15, 0.2) is 30.3 Å². The van der Waals surface area contributed by atoms with Crippen LogP contribution in [-0.4, -0.2) is 30.5 Å². The minimum atomic E-state index is -0.212. The molecule has 1 aliphatic carbocycles. The molecule has 3 aromatic rings. The number of aryl methyl sites for hydroxylation is 1. The summed E-state index contributed by atoms with van der Waals surface area (Å²) in [7, 11) is 0. The minimum absolute atomic E-state index is 0.0176. The standard InChI is InChI=1S/C25H29FN4OS/c1-14(11-28-24(31)23-22(27)19-7-3-15(2)29-25(19)32-23)18-6-8-21(20(26)10-18)30-12-16-4-5-17(9-16)13-30/h3,6-8,10,14,16-17H,4-5,9,11-13,27H2,1-2H3,(H,28,31)/t14-,16?,17?/m0/s1. The lowest BCUT2D eigenvalue weighted by molar-refractivity contribution is 0.0956. The van der Waals surface area contributed by atoms with Gasteiger partial charge < -0.3 is 16.0 Å². The van der Waals surface area contributed by atoms with Crippen molar-refractivity contribution >= 4 is 38.8 Å². The maximum absolute atomic E-state index is 15.0. The van der Waals surface area contributed by atoms with Crippen molar-refractivity contribution in [1.82, 2.24) is 10.3 Å². The number of carbonyl (C=O) groups is 1. The number of carbonyl (C=O) groups excluding carboxylic acids is 1. The van der Waals surface area contributed by atoms with E-state index in [4.69, 9.17) is 5.73 Å². The second-order valence-electron chi connectivity index (χ2n) is 9.42. The number of hydrogen-bond donors (Lipinski definition) is 2. The normalized spacial score (nSPS) is 21.2. The number of benzene rings is 1. The van der Waals surface area contributed by atoms with Gasteiger partial charge in [-0.05, 0) is 73.8 Å². The third kappa shape index (κ3) is 3.94. The van der Waals surface area contributed by atoms with E-state index in [9.17, 15) is 9.18 Å². The smallest absolute Gasteiger partial charge is 0.263 e. The molecule has 0 radical (unpaired) electrons. The van der Waals surface area contributed by atoms with Crippen molar-refractivity contribution in [2.45, 2.75) is 39.0 Å². The molecule has 2 fully saturated rings. The highest BCUT2D eigenvalue weighted by Crippen LogP contribution is 2.39. The Morgan fingerprint density at radius 2 is 2.03 bits per heavy atom. The quantitative estimate of drug-likeness (QED) is 0.565. The predicted molar refractivity (Wildman–Crippen MR) is 129 cm³/mol. The number of hydrogen-bond acceptors (Lipinski definition) is 5. The zero-order valence-corrected chi connectivity index (χ0v) is 19.3. The molecule has 0 spiro atoms. The fraction of sp³-hybridized carbons (Fsp3) is 0.440. The van der Waals surface area contributed by atoms with Gasteiger partial charge in [0.15, 0.2) is 0 Å². The van der Waals surface area contributed by atoms with Gasteiger partial charge in [-0.25, -0.2) is 9.37 Å². The molecule has 7 heteroatoms. The Kier molecular flexibility index (Phi) is 5.53. The first-order valence-electron chi connectivity index (χ1n) is 11.4. The molecule has 2 bridgehead atoms. The molecule has 2 aromatic heterocycles. The highest BCUT2D eigenvalue weighted by molar-refractivity contribution is 7.21. The van der Waals surface area contributed by atoms with Gasteiger partial charge in [0.2, 0.25) is 0 Å². The first-order chi connectivity index (χ1) is 15.4. The van der Waals surface area contributed by atoms with Gasteiger partial charge in [0.25, 0.3) is 5.91 Å². The summed E-state index contributed by atoms with van der Waals surface area (Å²) in [5.74, 6) is 1.02. The Morgan fingerprint density at radius 1 is 1.28 bits per heavy atom. The van der Waals surface area contributed by atoms with Crippen molar-refractivity contribution in [3.63, 3.8) is 0 Å². The van der Waals surface area contributed by atoms with E-state index in [2.05, 4.69) is 15.2 Å². The lowest BCUT2D eigenvalue weighted by atomic mass is 9.96. The minimum Gasteiger partial charge on any atom is -0.397 e. The van der Waals surface area contributed by atoms with E-state index in [1.807, 2.05) is 38.1 Å². The molecule has 3 N–H and O–H groups in total. The van der Waals surface area contributed by atoms with Crippen molar-refractivity contribution in [3.05, 3.63) is 52.3 Å². The summed E-state index contributed by atoms with van der Waals surface area (Å²) in [6, 6.07) is 9.32. The molecule has 1 aromatic carbocycles. The number of nitrogens with two attached hydrogens (primary N) is 1. The van der Waals surface area contributed by atoms with Gasteiger partial charge in [0.1, 0.15) is 15.5 Å². The third-order valence-electron chi connectivity index (χ3n) is 7.00. The SMILES string of the molecule is Cc1ccc2c(N)c(C(=O)NC[C@H](C)c3ccc(N4CC5CCC(C5)C4)c(F)c3)sc2n1. The molecule has 5 nitrogen and oxygen atoms in total. The third-order valence-corrected chi connectivity index (χ3v) is 8.11. The van der Waals surface area contributed by atoms with Crippen LogP contribution in [0, 0.1) is 24.6 Å². The zero-order chi connectivity index (χ0) is 22.4. The number of nitrogens with one attached hydrogen (secondary N) is 1. The van der Waals surface area contributed by atoms with Gasteiger partial charge in [-0.3, -0.25) is 4.79 Å². The van der Waals surface area contributed by atoms with E-state index in [-0.39, 0.29) is 17.6 Å². The van der Waals surface area contributed by atoms with Crippen LogP contribution in [0.1, 0.15) is 53.0 Å². The molecule has 2 unspecified atom stereocenters. The highest BCUT2D eigenvalue weighted by atomic mass is 32.1. The molecule has 3 atom stereocenters. The number of rotatable bonds is 5. The first kappa shape index (κ1) is 21.2. The van der Waals surface area contributed by atoms with E-state index in [0.29, 0.717) is 34.6 Å². The van der Waals surface area contributed by atoms with Gasteiger partial charge in [-0.15, -0.1) is 11.3 Å². The summed E-state index contributed by atoms with van der Waals surface area (Å²) in [6.45, 7) is 6.24. The molecule has 1 saturated carbocycles. The number of pyridine rings is 1. The number of nitrogen functional groups attached to an aromatic ring is 1. The summed E-state index contributed by atoms with van der Waals surface area (Å²) in [6.07, 6.45) is 3.85. The summed E-state index contributed by atoms with van der Waals surface area (Å²) < 4.78 is 15.0. The largest absolute Gasteiger partial charge is 0.397 e. The summed E-state index contributed by atoms with van der Waals surface area (Å²) in [5, 5.41) is 3.77. The van der Waals surface area contributed by atoms with Crippen LogP contribution in [-0.2, 0) is 0 Å². The number of halogens is 1. The molecule has 32 heavy (non-hydrogen) atoms. The maximum atomic E-state index is 15.0. The van der Waals surface area contributed by atoms with Crippen molar-refractivity contribution in [1.29, 1.82) is 0 Å². The second kappa shape index (κ2) is 8.35. The van der Waals surface area contributed by atoms with Crippen LogP contribution in [0.25, 0.3) is 10.2 Å². The average Bonchev–Trinajstić information content (AvgIpc) is 3.29. The number of fused-ring (bicyclic) bond motifs is 3. The predicted octanol–water partition coefficient (Wildman–Crippen LogP) is 5.10. The maximum Gasteiger partial charge on any atom is 0.263 e. The van der Waals surface area contributed by atoms with Gasteiger partial charge >= 0.3 is 0 Å². The monoisotopic (exact) mass is 452 g/mol. The zero-order valence-electron chi connectivity index (χ0n) is 18.5. The van der Waals surface area contributed by atoms with Gasteiger partial charge in [-0.1, -0.05) is 13.0 Å². The molecule has 1 amide bonds. The average molecular weight is 453 g/mol. The van der Waals surface area contributed by atoms with Crippen molar-refractivity contribution in [2.24, 2.45) is 11.8 Å². The van der Waals surface area contributed by atoms with Crippen molar-refractivity contribution in [3.8, 4) is 0 Å². The molecular formula is C25H29FN4OS. The fourth-order valence-electron chi connectivity index (χ4n) is 5.19. The van der Waals surface area contributed by atoms with Crippen LogP contribution in [0.2, 0.25) is 0 Å². The van der Waals surface area contributed by atoms with Crippen LogP contribution >= 0.6 is 11.3 Å². The molecule has 1 saturated heterocycles. The molecule has 3 heterocycles. The molecule has 2 aliphatic rings. The second-order valence-corrected chi connectivity index (χ2v) is 10.4. The van der Waals surface area contributed by atoms with E-state index >= 15 is 0 Å². The number of aromatic nitrogens is 1. The Morgan fingerprint density at radius 3 is 2.75 bits per heavy atom. The molecule has 5 rings (SSSR count). The van der Waals surface area contributed by atoms with Crippen molar-refractivity contribution < 1.29 is 9.18 Å². The highest BCUT2D eigenvalue weighted by Gasteiger charge is 2.33. The van der Waals surface area contributed by atoms with Crippen LogP contribution in [0.3, 0.4) is 0 Å². The number of anilines is 2. The lowest BCUT2D eigenvalue weighted by Gasteiger charge is -2.34. The van der Waals surface area contributed by atoms with Crippen LogP contribution in [0.4, 0.5) is 15.8 Å². The Hall–Kier alpha value is -2.67. The van der Waals surface area contributed by atoms with Crippen molar-refractivity contribution in [2.75, 3.05) is 30.3 Å².